The third-order valence-corrected chi connectivity index (χ3v) is 3.65. The van der Waals surface area contributed by atoms with Gasteiger partial charge in [-0.05, 0) is 24.3 Å². The number of carbonyl (C=O) groups is 1. The zero-order chi connectivity index (χ0) is 15.0. The van der Waals surface area contributed by atoms with Crippen molar-refractivity contribution in [3.8, 4) is 0 Å². The molecule has 106 valence electrons. The predicted octanol–water partition coefficient (Wildman–Crippen LogP) is 4.27. The molecule has 0 aliphatic carbocycles. The van der Waals surface area contributed by atoms with E-state index < -0.39 is 5.82 Å². The lowest BCUT2D eigenvalue weighted by Crippen LogP contribution is -2.19. The van der Waals surface area contributed by atoms with Crippen LogP contribution in [0.5, 0.6) is 0 Å². The van der Waals surface area contributed by atoms with Crippen LogP contribution in [0.2, 0.25) is 10.0 Å². The fourth-order valence-electron chi connectivity index (χ4n) is 2.11. The second-order valence-corrected chi connectivity index (χ2v) is 5.35. The summed E-state index contributed by atoms with van der Waals surface area (Å²) in [6.45, 7) is 0. The van der Waals surface area contributed by atoms with Gasteiger partial charge < -0.3 is 0 Å². The number of nitrogens with zero attached hydrogens (tertiary/aromatic N) is 2. The first-order chi connectivity index (χ1) is 10.1. The molecule has 2 aromatic carbocycles. The van der Waals surface area contributed by atoms with E-state index in [2.05, 4.69) is 5.10 Å². The summed E-state index contributed by atoms with van der Waals surface area (Å²) in [5, 5.41) is 6.15. The Labute approximate surface area is 130 Å². The van der Waals surface area contributed by atoms with Crippen LogP contribution >= 0.6 is 23.2 Å². The van der Waals surface area contributed by atoms with Gasteiger partial charge in [0.1, 0.15) is 5.82 Å². The van der Waals surface area contributed by atoms with Crippen LogP contribution in [0.3, 0.4) is 0 Å². The molecule has 2 aromatic rings. The molecule has 0 fully saturated rings. The van der Waals surface area contributed by atoms with Crippen molar-refractivity contribution in [2.45, 2.75) is 6.42 Å². The van der Waals surface area contributed by atoms with Gasteiger partial charge >= 0.3 is 0 Å². The van der Waals surface area contributed by atoms with Crippen molar-refractivity contribution in [2.75, 3.05) is 5.01 Å². The summed E-state index contributed by atoms with van der Waals surface area (Å²) in [6.07, 6.45) is 0.0176. The number of hydrogen-bond donors (Lipinski definition) is 0. The largest absolute Gasteiger partial charge is 0.272 e. The second kappa shape index (κ2) is 5.47. The Morgan fingerprint density at radius 2 is 1.90 bits per heavy atom. The van der Waals surface area contributed by atoms with E-state index >= 15 is 0 Å². The van der Waals surface area contributed by atoms with Gasteiger partial charge in [0.05, 0.1) is 22.8 Å². The minimum Gasteiger partial charge on any atom is -0.272 e. The maximum absolute atomic E-state index is 13.8. The zero-order valence-electron chi connectivity index (χ0n) is 10.7. The molecule has 0 N–H and O–H groups in total. The summed E-state index contributed by atoms with van der Waals surface area (Å²) in [7, 11) is 0. The van der Waals surface area contributed by atoms with Crippen molar-refractivity contribution in [2.24, 2.45) is 5.10 Å². The number of carbonyl (C=O) groups excluding carboxylic acids is 1. The Kier molecular flexibility index (Phi) is 3.66. The van der Waals surface area contributed by atoms with Crippen molar-refractivity contribution in [1.82, 2.24) is 0 Å². The quantitative estimate of drug-likeness (QED) is 0.812. The highest BCUT2D eigenvalue weighted by Crippen LogP contribution is 2.32. The fraction of sp³-hybridized carbons (Fsp3) is 0.0667. The Bertz CT molecular complexity index is 761. The molecule has 0 saturated heterocycles. The number of benzene rings is 2. The van der Waals surface area contributed by atoms with Crippen LogP contribution < -0.4 is 5.01 Å². The van der Waals surface area contributed by atoms with E-state index in [1.807, 2.05) is 0 Å². The number of anilines is 1. The lowest BCUT2D eigenvalue weighted by Gasteiger charge is -2.13. The highest BCUT2D eigenvalue weighted by Gasteiger charge is 2.28. The first-order valence-electron chi connectivity index (χ1n) is 6.16. The van der Waals surface area contributed by atoms with Crippen LogP contribution in [0.15, 0.2) is 47.6 Å². The van der Waals surface area contributed by atoms with Crippen molar-refractivity contribution < 1.29 is 9.18 Å². The Hall–Kier alpha value is -1.91. The average molecular weight is 323 g/mol. The monoisotopic (exact) mass is 322 g/mol. The second-order valence-electron chi connectivity index (χ2n) is 4.50. The summed E-state index contributed by atoms with van der Waals surface area (Å²) in [4.78, 5) is 12.1. The maximum Gasteiger partial charge on any atom is 0.253 e. The van der Waals surface area contributed by atoms with Gasteiger partial charge in [0.15, 0.2) is 0 Å². The van der Waals surface area contributed by atoms with Gasteiger partial charge in [-0.25, -0.2) is 4.39 Å². The molecule has 1 aliphatic heterocycles. The molecule has 0 unspecified atom stereocenters. The Balaban J connectivity index is 2.03. The van der Waals surface area contributed by atoms with Gasteiger partial charge in [-0.2, -0.15) is 10.1 Å². The van der Waals surface area contributed by atoms with E-state index in [9.17, 15) is 9.18 Å². The number of hydrazone groups is 1. The van der Waals surface area contributed by atoms with E-state index in [1.165, 1.54) is 6.07 Å². The van der Waals surface area contributed by atoms with Crippen molar-refractivity contribution in [3.05, 3.63) is 63.9 Å². The van der Waals surface area contributed by atoms with Crippen LogP contribution in [0.4, 0.5) is 10.1 Å². The van der Waals surface area contributed by atoms with Crippen LogP contribution in [0.25, 0.3) is 0 Å². The van der Waals surface area contributed by atoms with Crippen molar-refractivity contribution in [1.29, 1.82) is 0 Å². The summed E-state index contributed by atoms with van der Waals surface area (Å²) in [6, 6.07) is 11.0. The minimum absolute atomic E-state index is 0.0176. The molecule has 0 spiro atoms. The first-order valence-corrected chi connectivity index (χ1v) is 6.92. The van der Waals surface area contributed by atoms with Crippen molar-refractivity contribution >= 4 is 40.5 Å². The Morgan fingerprint density at radius 1 is 1.14 bits per heavy atom. The number of halogens is 3. The van der Waals surface area contributed by atoms with Gasteiger partial charge in [0.2, 0.25) is 0 Å². The molecule has 1 aliphatic rings. The molecule has 0 saturated carbocycles. The highest BCUT2D eigenvalue weighted by atomic mass is 35.5. The first kappa shape index (κ1) is 14.0. The Morgan fingerprint density at radius 3 is 2.67 bits per heavy atom. The van der Waals surface area contributed by atoms with Gasteiger partial charge in [0.25, 0.3) is 5.91 Å². The van der Waals surface area contributed by atoms with Gasteiger partial charge in [-0.3, -0.25) is 4.79 Å². The number of amides is 1. The number of rotatable bonds is 2. The van der Waals surface area contributed by atoms with Crippen LogP contribution in [0.1, 0.15) is 12.0 Å². The normalized spacial score (nSPS) is 14.5. The van der Waals surface area contributed by atoms with Gasteiger partial charge in [0, 0.05) is 10.6 Å². The van der Waals surface area contributed by atoms with E-state index in [1.54, 1.807) is 36.4 Å². The SMILES string of the molecule is O=C1CC(c2ccccc2F)=NN1c1cc(Cl)ccc1Cl. The summed E-state index contributed by atoms with van der Waals surface area (Å²) in [5.74, 6) is -0.694. The zero-order valence-corrected chi connectivity index (χ0v) is 12.2. The lowest BCUT2D eigenvalue weighted by molar-refractivity contribution is -0.116. The molecule has 0 aromatic heterocycles. The van der Waals surface area contributed by atoms with E-state index in [0.29, 0.717) is 27.0 Å². The smallest absolute Gasteiger partial charge is 0.253 e. The molecule has 3 nitrogen and oxygen atoms in total. The molecule has 0 radical (unpaired) electrons. The lowest BCUT2D eigenvalue weighted by atomic mass is 10.1. The molecular formula is C15H9Cl2FN2O. The summed E-state index contributed by atoms with van der Waals surface area (Å²) < 4.78 is 13.8. The maximum atomic E-state index is 13.8. The molecule has 3 rings (SSSR count). The van der Waals surface area contributed by atoms with Crippen LogP contribution in [0, 0.1) is 5.82 Å². The summed E-state index contributed by atoms with van der Waals surface area (Å²) in [5.41, 5.74) is 1.07. The summed E-state index contributed by atoms with van der Waals surface area (Å²) >= 11 is 12.0. The predicted molar refractivity (Wildman–Crippen MR) is 81.5 cm³/mol. The minimum atomic E-state index is -0.414. The van der Waals surface area contributed by atoms with E-state index in [-0.39, 0.29) is 12.3 Å². The molecular weight excluding hydrogens is 314 g/mol. The fourth-order valence-corrected chi connectivity index (χ4v) is 2.47. The van der Waals surface area contributed by atoms with Crippen molar-refractivity contribution in [3.63, 3.8) is 0 Å². The molecule has 21 heavy (non-hydrogen) atoms. The van der Waals surface area contributed by atoms with Gasteiger partial charge in [-0.1, -0.05) is 41.4 Å². The molecule has 6 heteroatoms. The van der Waals surface area contributed by atoms with Crippen LogP contribution in [-0.2, 0) is 4.79 Å². The van der Waals surface area contributed by atoms with E-state index in [4.69, 9.17) is 23.2 Å². The average Bonchev–Trinajstić information content (AvgIpc) is 2.84. The van der Waals surface area contributed by atoms with E-state index in [0.717, 1.165) is 5.01 Å². The third kappa shape index (κ3) is 2.64. The molecule has 0 atom stereocenters. The topological polar surface area (TPSA) is 32.7 Å². The number of hydrogen-bond acceptors (Lipinski definition) is 2. The molecule has 1 heterocycles. The highest BCUT2D eigenvalue weighted by molar-refractivity contribution is 6.36. The van der Waals surface area contributed by atoms with Gasteiger partial charge in [-0.15, -0.1) is 0 Å². The molecule has 0 bridgehead atoms. The third-order valence-electron chi connectivity index (χ3n) is 3.10. The van der Waals surface area contributed by atoms with Crippen LogP contribution in [-0.4, -0.2) is 11.6 Å². The molecule has 1 amide bonds. The standard InChI is InChI=1S/C15H9Cl2FN2O/c16-9-5-6-11(17)14(7-9)20-15(21)8-13(19-20)10-3-1-2-4-12(10)18/h1-7H,8H2.